The van der Waals surface area contributed by atoms with Crippen molar-refractivity contribution in [2.24, 2.45) is 5.73 Å². The monoisotopic (exact) mass is 667 g/mol. The predicted octanol–water partition coefficient (Wildman–Crippen LogP) is 4.29. The van der Waals surface area contributed by atoms with E-state index in [9.17, 15) is 19.2 Å². The number of hydrogen-bond acceptors (Lipinski definition) is 7. The zero-order valence-electron chi connectivity index (χ0n) is 22.4. The summed E-state index contributed by atoms with van der Waals surface area (Å²) >= 11 is 0. The van der Waals surface area contributed by atoms with Gasteiger partial charge in [-0.1, -0.05) is 52.0 Å². The van der Waals surface area contributed by atoms with Gasteiger partial charge in [-0.05, 0) is 31.2 Å². The predicted molar refractivity (Wildman–Crippen MR) is 157 cm³/mol. The molecule has 1 radical (unpaired) electrons. The third-order valence-electron chi connectivity index (χ3n) is 4.09. The van der Waals surface area contributed by atoms with Gasteiger partial charge in [0.15, 0.2) is 11.6 Å². The summed E-state index contributed by atoms with van der Waals surface area (Å²) in [4.78, 5) is 45.1. The van der Waals surface area contributed by atoms with E-state index in [1.54, 1.807) is 49.4 Å². The minimum Gasteiger partial charge on any atom is -0.480 e. The molecule has 207 valence electrons. The van der Waals surface area contributed by atoms with E-state index in [2.05, 4.69) is 5.32 Å². The van der Waals surface area contributed by atoms with Crippen molar-refractivity contribution in [3.05, 3.63) is 59.7 Å². The molecule has 2 atom stereocenters. The summed E-state index contributed by atoms with van der Waals surface area (Å²) in [5.41, 5.74) is 18.4. The van der Waals surface area contributed by atoms with Gasteiger partial charge in [0.25, 0.3) is 0 Å². The minimum absolute atomic E-state index is 0. The van der Waals surface area contributed by atoms with Crippen LogP contribution in [-0.4, -0.2) is 40.6 Å². The molecule has 8 N–H and O–H groups in total. The Morgan fingerprint density at radius 3 is 1.46 bits per heavy atom. The number of hydrogen-bond donors (Lipinski definition) is 5. The molecule has 0 heterocycles. The summed E-state index contributed by atoms with van der Waals surface area (Å²) in [6, 6.07) is 12.1. The second-order valence-corrected chi connectivity index (χ2v) is 7.00. The van der Waals surface area contributed by atoms with E-state index < -0.39 is 23.7 Å². The van der Waals surface area contributed by atoms with Crippen molar-refractivity contribution in [1.82, 2.24) is 5.32 Å². The van der Waals surface area contributed by atoms with Gasteiger partial charge in [-0.15, -0.1) is 24.0 Å². The van der Waals surface area contributed by atoms with E-state index in [-0.39, 0.29) is 72.0 Å². The molecule has 0 aliphatic heterocycles. The summed E-state index contributed by atoms with van der Waals surface area (Å²) in [6.07, 6.45) is 0.0112. The smallest absolute Gasteiger partial charge is 0.326 e. The Labute approximate surface area is 249 Å². The van der Waals surface area contributed by atoms with Crippen LogP contribution in [0.3, 0.4) is 0 Å². The summed E-state index contributed by atoms with van der Waals surface area (Å²) < 4.78 is 0. The molecule has 1 amide bonds. The van der Waals surface area contributed by atoms with Gasteiger partial charge in [-0.3, -0.25) is 14.4 Å². The van der Waals surface area contributed by atoms with E-state index in [0.29, 0.717) is 17.7 Å². The second kappa shape index (κ2) is 24.0. The van der Waals surface area contributed by atoms with Crippen molar-refractivity contribution in [3.8, 4) is 0 Å². The number of anilines is 2. The third kappa shape index (κ3) is 17.6. The van der Waals surface area contributed by atoms with E-state index in [0.717, 1.165) is 0 Å². The summed E-state index contributed by atoms with van der Waals surface area (Å²) in [6.45, 7) is 11.0. The molecular weight excluding hydrogens is 626 g/mol. The van der Waals surface area contributed by atoms with E-state index in [4.69, 9.17) is 22.3 Å². The summed E-state index contributed by atoms with van der Waals surface area (Å²) in [5, 5.41) is 11.1. The van der Waals surface area contributed by atoms with Crippen LogP contribution in [0.15, 0.2) is 48.5 Å². The number of amides is 1. The molecule has 0 aliphatic rings. The molecule has 0 spiro atoms. The van der Waals surface area contributed by atoms with Gasteiger partial charge in [0.1, 0.15) is 6.04 Å². The Kier molecular flexibility index (Phi) is 27.0. The maximum Gasteiger partial charge on any atom is 0.326 e. The Bertz CT molecular complexity index is 958. The van der Waals surface area contributed by atoms with Crippen LogP contribution in [0.4, 0.5) is 11.4 Å². The number of carbonyl (C=O) groups is 4. The standard InChI is InChI=1S/C12H14N2O4.C10H14N2O.2C2H6.HI.V/c1-7(15)14-10(12(17)18)6-11(16)8-4-2-3-5-9(8)13;1-7(11)6-10(13)8-4-2-3-5-9(8)12;2*1-2;;/h2-5,10H,6,13H2,1H3,(H,14,15)(H,17,18);2-5,7H,6,11-12H2,1H3;2*1-2H3;1H;/t;7-;;;;/m.1..../s1. The van der Waals surface area contributed by atoms with Gasteiger partial charge in [-0.25, -0.2) is 4.79 Å². The fraction of sp³-hybridized carbons (Fsp3) is 0.385. The van der Waals surface area contributed by atoms with Crippen molar-refractivity contribution in [2.75, 3.05) is 11.5 Å². The average Bonchev–Trinajstić information content (AvgIpc) is 2.81. The largest absolute Gasteiger partial charge is 0.480 e. The number of nitrogen functional groups attached to an aromatic ring is 2. The second-order valence-electron chi connectivity index (χ2n) is 7.00. The number of carboxylic acid groups (broad SMARTS) is 1. The number of halogens is 1. The molecule has 0 fully saturated rings. The molecule has 0 saturated carbocycles. The zero-order valence-corrected chi connectivity index (χ0v) is 26.1. The number of rotatable bonds is 8. The van der Waals surface area contributed by atoms with Gasteiger partial charge < -0.3 is 27.6 Å². The molecule has 0 aromatic heterocycles. The average molecular weight is 667 g/mol. The van der Waals surface area contributed by atoms with E-state index >= 15 is 0 Å². The van der Waals surface area contributed by atoms with Crippen molar-refractivity contribution in [1.29, 1.82) is 0 Å². The van der Waals surface area contributed by atoms with E-state index in [1.165, 1.54) is 13.0 Å². The fourth-order valence-electron chi connectivity index (χ4n) is 2.65. The molecule has 0 bridgehead atoms. The van der Waals surface area contributed by atoms with E-state index in [1.807, 2.05) is 27.7 Å². The Morgan fingerprint density at radius 2 is 1.16 bits per heavy atom. The number of nitrogens with one attached hydrogen (secondary N) is 1. The quantitative estimate of drug-likeness (QED) is 0.157. The maximum absolute atomic E-state index is 11.9. The fourth-order valence-corrected chi connectivity index (χ4v) is 2.65. The Morgan fingerprint density at radius 1 is 0.811 bits per heavy atom. The molecule has 37 heavy (non-hydrogen) atoms. The van der Waals surface area contributed by atoms with Crippen molar-refractivity contribution in [2.45, 2.75) is 66.5 Å². The van der Waals surface area contributed by atoms with Crippen LogP contribution in [-0.2, 0) is 28.1 Å². The van der Waals surface area contributed by atoms with Crippen LogP contribution < -0.4 is 22.5 Å². The Balaban J connectivity index is -0.000000255. The molecular formula is C26H41IN4O5V. The van der Waals surface area contributed by atoms with Gasteiger partial charge in [0.05, 0.1) is 0 Å². The maximum atomic E-state index is 11.9. The molecule has 2 rings (SSSR count). The molecule has 9 nitrogen and oxygen atoms in total. The number of Topliss-reactive ketones (excluding diaryl/α,β-unsaturated/α-hetero) is 2. The van der Waals surface area contributed by atoms with Crippen LogP contribution in [0, 0.1) is 0 Å². The number of benzene rings is 2. The first-order valence-electron chi connectivity index (χ1n) is 11.5. The number of ketones is 2. The normalized spacial score (nSPS) is 10.4. The first-order valence-corrected chi connectivity index (χ1v) is 11.5. The number of aliphatic carboxylic acids is 1. The number of nitrogens with two attached hydrogens (primary N) is 3. The molecule has 2 aromatic carbocycles. The van der Waals surface area contributed by atoms with Crippen LogP contribution in [0.2, 0.25) is 0 Å². The van der Waals surface area contributed by atoms with Gasteiger partial charge >= 0.3 is 5.97 Å². The van der Waals surface area contributed by atoms with Crippen LogP contribution >= 0.6 is 24.0 Å². The zero-order chi connectivity index (χ0) is 27.6. The molecule has 0 aliphatic carbocycles. The summed E-state index contributed by atoms with van der Waals surface area (Å²) in [5.74, 6) is -2.17. The molecule has 11 heteroatoms. The number of carbonyl (C=O) groups excluding carboxylic acids is 3. The first kappa shape index (κ1) is 41.7. The number of carboxylic acids is 1. The molecule has 2 aromatic rings. The van der Waals surface area contributed by atoms with Crippen LogP contribution in [0.1, 0.15) is 75.1 Å². The van der Waals surface area contributed by atoms with Crippen LogP contribution in [0.25, 0.3) is 0 Å². The number of para-hydroxylation sites is 2. The topological polar surface area (TPSA) is 179 Å². The van der Waals surface area contributed by atoms with Crippen molar-refractivity contribution < 1.29 is 42.8 Å². The van der Waals surface area contributed by atoms with Gasteiger partial charge in [-0.2, -0.15) is 0 Å². The van der Waals surface area contributed by atoms with Crippen molar-refractivity contribution in [3.63, 3.8) is 0 Å². The SMILES string of the molecule is CC.CC.CC(=O)NC(CC(=O)c1ccccc1N)C(=O)O.C[C@@H](N)CC(=O)c1ccccc1N.I.[V]. The van der Waals surface area contributed by atoms with Gasteiger partial charge in [0.2, 0.25) is 5.91 Å². The first-order chi connectivity index (χ1) is 16.5. The molecule has 1 unspecified atom stereocenters. The Hall–Kier alpha value is -2.41. The third-order valence-corrected chi connectivity index (χ3v) is 4.09. The van der Waals surface area contributed by atoms with Crippen molar-refractivity contribution >= 4 is 58.8 Å². The summed E-state index contributed by atoms with van der Waals surface area (Å²) in [7, 11) is 0. The minimum atomic E-state index is -1.26. The van der Waals surface area contributed by atoms with Crippen LogP contribution in [0.5, 0.6) is 0 Å². The van der Waals surface area contributed by atoms with Gasteiger partial charge in [0, 0.05) is 66.9 Å². The molecule has 0 saturated heterocycles.